The van der Waals surface area contributed by atoms with Gasteiger partial charge < -0.3 is 9.30 Å². The minimum Gasteiger partial charge on any atom is -0.438 e. The molecule has 2 aromatic heterocycles. The van der Waals surface area contributed by atoms with Crippen molar-refractivity contribution in [3.8, 4) is 23.1 Å². The van der Waals surface area contributed by atoms with Gasteiger partial charge in [-0.1, -0.05) is 18.2 Å². The van der Waals surface area contributed by atoms with E-state index < -0.39 is 11.9 Å². The number of halogens is 3. The van der Waals surface area contributed by atoms with Crippen LogP contribution in [0.3, 0.4) is 0 Å². The van der Waals surface area contributed by atoms with Gasteiger partial charge in [-0.25, -0.2) is 0 Å². The van der Waals surface area contributed by atoms with Gasteiger partial charge in [0.25, 0.3) is 0 Å². The SMILES string of the molecule is Cn1cc(Oc2ccccc2)nc1-c1cc(C(F)(F)F)[nH]n1. The zero-order valence-corrected chi connectivity index (χ0v) is 11.4. The molecule has 22 heavy (non-hydrogen) atoms. The summed E-state index contributed by atoms with van der Waals surface area (Å²) in [6.07, 6.45) is -2.90. The molecule has 2 heterocycles. The summed E-state index contributed by atoms with van der Waals surface area (Å²) in [5, 5.41) is 5.61. The van der Waals surface area contributed by atoms with Gasteiger partial charge in [0.05, 0.1) is 6.20 Å². The highest BCUT2D eigenvalue weighted by atomic mass is 19.4. The van der Waals surface area contributed by atoms with Crippen molar-refractivity contribution in [3.63, 3.8) is 0 Å². The average molecular weight is 308 g/mol. The number of aromatic nitrogens is 4. The second-order valence-electron chi connectivity index (χ2n) is 4.59. The molecule has 3 rings (SSSR count). The fourth-order valence-corrected chi connectivity index (χ4v) is 1.92. The van der Waals surface area contributed by atoms with Gasteiger partial charge in [0.2, 0.25) is 5.88 Å². The van der Waals surface area contributed by atoms with Gasteiger partial charge in [0, 0.05) is 7.05 Å². The highest BCUT2D eigenvalue weighted by Crippen LogP contribution is 2.31. The molecule has 3 aromatic rings. The summed E-state index contributed by atoms with van der Waals surface area (Å²) in [6.45, 7) is 0. The molecule has 8 heteroatoms. The normalized spacial score (nSPS) is 11.6. The molecule has 0 unspecified atom stereocenters. The van der Waals surface area contributed by atoms with E-state index in [1.54, 1.807) is 29.9 Å². The minimum absolute atomic E-state index is 0.0951. The summed E-state index contributed by atoms with van der Waals surface area (Å²) in [4.78, 5) is 4.16. The van der Waals surface area contributed by atoms with E-state index in [9.17, 15) is 13.2 Å². The molecule has 0 radical (unpaired) electrons. The van der Waals surface area contributed by atoms with Crippen LogP contribution in [0, 0.1) is 0 Å². The fourth-order valence-electron chi connectivity index (χ4n) is 1.92. The van der Waals surface area contributed by atoms with E-state index in [0.29, 0.717) is 5.75 Å². The highest BCUT2D eigenvalue weighted by Gasteiger charge is 2.33. The lowest BCUT2D eigenvalue weighted by Gasteiger charge is -2.00. The van der Waals surface area contributed by atoms with Crippen molar-refractivity contribution in [2.75, 3.05) is 0 Å². The molecule has 0 aliphatic heterocycles. The Kier molecular flexibility index (Phi) is 3.36. The van der Waals surface area contributed by atoms with Crippen molar-refractivity contribution in [1.82, 2.24) is 19.7 Å². The first kappa shape index (κ1) is 14.2. The Labute approximate surface area is 123 Å². The topological polar surface area (TPSA) is 55.7 Å². The molecule has 0 saturated heterocycles. The largest absolute Gasteiger partial charge is 0.438 e. The first-order chi connectivity index (χ1) is 10.4. The Hall–Kier alpha value is -2.77. The zero-order chi connectivity index (χ0) is 15.7. The molecule has 0 amide bonds. The number of nitrogens with zero attached hydrogens (tertiary/aromatic N) is 3. The van der Waals surface area contributed by atoms with Gasteiger partial charge >= 0.3 is 6.18 Å². The molecule has 1 N–H and O–H groups in total. The van der Waals surface area contributed by atoms with Crippen LogP contribution in [-0.2, 0) is 13.2 Å². The third-order valence-electron chi connectivity index (χ3n) is 2.93. The lowest BCUT2D eigenvalue weighted by molar-refractivity contribution is -0.141. The van der Waals surface area contributed by atoms with Crippen LogP contribution in [0.4, 0.5) is 13.2 Å². The van der Waals surface area contributed by atoms with E-state index >= 15 is 0 Å². The van der Waals surface area contributed by atoms with Crippen molar-refractivity contribution < 1.29 is 17.9 Å². The van der Waals surface area contributed by atoms with Crippen LogP contribution in [0.1, 0.15) is 5.69 Å². The number of aromatic amines is 1. The number of para-hydroxylation sites is 1. The number of H-pyrrole nitrogens is 1. The molecule has 0 bridgehead atoms. The summed E-state index contributed by atoms with van der Waals surface area (Å²) in [5.41, 5.74) is -0.825. The maximum Gasteiger partial charge on any atom is 0.432 e. The first-order valence-corrected chi connectivity index (χ1v) is 6.33. The molecule has 0 spiro atoms. The van der Waals surface area contributed by atoms with Crippen LogP contribution in [0.25, 0.3) is 11.5 Å². The van der Waals surface area contributed by atoms with E-state index in [0.717, 1.165) is 6.07 Å². The monoisotopic (exact) mass is 308 g/mol. The second kappa shape index (κ2) is 5.21. The average Bonchev–Trinajstić information content (AvgIpc) is 3.06. The Bertz CT molecular complexity index is 777. The number of aryl methyl sites for hydroxylation is 1. The number of alkyl halides is 3. The number of rotatable bonds is 3. The molecular weight excluding hydrogens is 297 g/mol. The summed E-state index contributed by atoms with van der Waals surface area (Å²) >= 11 is 0. The third kappa shape index (κ3) is 2.80. The van der Waals surface area contributed by atoms with E-state index in [1.165, 1.54) is 0 Å². The van der Waals surface area contributed by atoms with Gasteiger partial charge in [0.15, 0.2) is 5.82 Å². The highest BCUT2D eigenvalue weighted by molar-refractivity contribution is 5.52. The predicted octanol–water partition coefficient (Wildman–Crippen LogP) is 3.62. The Morgan fingerprint density at radius 1 is 1.18 bits per heavy atom. The van der Waals surface area contributed by atoms with E-state index in [1.807, 2.05) is 23.3 Å². The van der Waals surface area contributed by atoms with Crippen molar-refractivity contribution in [3.05, 3.63) is 48.3 Å². The summed E-state index contributed by atoms with van der Waals surface area (Å²) in [7, 11) is 1.65. The minimum atomic E-state index is -4.47. The van der Waals surface area contributed by atoms with Crippen LogP contribution < -0.4 is 4.74 Å². The van der Waals surface area contributed by atoms with Gasteiger partial charge in [-0.05, 0) is 18.2 Å². The second-order valence-corrected chi connectivity index (χ2v) is 4.59. The van der Waals surface area contributed by atoms with Gasteiger partial charge in [-0.15, -0.1) is 0 Å². The van der Waals surface area contributed by atoms with Gasteiger partial charge in [0.1, 0.15) is 17.1 Å². The zero-order valence-electron chi connectivity index (χ0n) is 11.4. The lowest BCUT2D eigenvalue weighted by Crippen LogP contribution is -2.04. The maximum absolute atomic E-state index is 12.6. The van der Waals surface area contributed by atoms with E-state index in [2.05, 4.69) is 10.1 Å². The standard InChI is InChI=1S/C14H11F3N4O/c1-21-8-12(22-9-5-3-2-4-6-9)18-13(21)10-7-11(20-19-10)14(15,16)17/h2-8H,1H3,(H,19,20). The van der Waals surface area contributed by atoms with E-state index in [-0.39, 0.29) is 17.4 Å². The fraction of sp³-hybridized carbons (Fsp3) is 0.143. The molecule has 5 nitrogen and oxygen atoms in total. The van der Waals surface area contributed by atoms with Crippen molar-refractivity contribution in [1.29, 1.82) is 0 Å². The third-order valence-corrected chi connectivity index (χ3v) is 2.93. The van der Waals surface area contributed by atoms with Crippen molar-refractivity contribution in [2.45, 2.75) is 6.18 Å². The number of imidazole rings is 1. The molecule has 0 atom stereocenters. The molecule has 0 aliphatic carbocycles. The van der Waals surface area contributed by atoms with Crippen LogP contribution in [0.5, 0.6) is 11.6 Å². The number of hydrogen-bond donors (Lipinski definition) is 1. The molecular formula is C14H11F3N4O. The summed E-state index contributed by atoms with van der Waals surface area (Å²) in [5.74, 6) is 1.14. The predicted molar refractivity (Wildman–Crippen MR) is 72.3 cm³/mol. The Morgan fingerprint density at radius 2 is 1.91 bits per heavy atom. The maximum atomic E-state index is 12.6. The van der Waals surface area contributed by atoms with Crippen molar-refractivity contribution in [2.24, 2.45) is 7.05 Å². The van der Waals surface area contributed by atoms with Crippen LogP contribution in [0.15, 0.2) is 42.6 Å². The molecule has 114 valence electrons. The summed E-state index contributed by atoms with van der Waals surface area (Å²) < 4.78 is 44.9. The van der Waals surface area contributed by atoms with Crippen LogP contribution >= 0.6 is 0 Å². The molecule has 0 saturated carbocycles. The van der Waals surface area contributed by atoms with Gasteiger partial charge in [-0.2, -0.15) is 23.3 Å². The number of hydrogen-bond acceptors (Lipinski definition) is 3. The van der Waals surface area contributed by atoms with Crippen molar-refractivity contribution >= 4 is 0 Å². The molecule has 0 aliphatic rings. The number of benzene rings is 1. The Morgan fingerprint density at radius 3 is 2.55 bits per heavy atom. The number of ether oxygens (including phenoxy) is 1. The molecule has 1 aromatic carbocycles. The quantitative estimate of drug-likeness (QED) is 0.804. The summed E-state index contributed by atoms with van der Waals surface area (Å²) in [6, 6.07) is 9.88. The molecule has 0 fully saturated rings. The smallest absolute Gasteiger partial charge is 0.432 e. The lowest BCUT2D eigenvalue weighted by atomic mass is 10.3. The van der Waals surface area contributed by atoms with Gasteiger partial charge in [-0.3, -0.25) is 5.10 Å². The van der Waals surface area contributed by atoms with Crippen LogP contribution in [-0.4, -0.2) is 19.7 Å². The van der Waals surface area contributed by atoms with E-state index in [4.69, 9.17) is 4.74 Å². The van der Waals surface area contributed by atoms with Crippen LogP contribution in [0.2, 0.25) is 0 Å². The Balaban J connectivity index is 1.88. The number of nitrogens with one attached hydrogen (secondary N) is 1. The first-order valence-electron chi connectivity index (χ1n) is 6.33.